The van der Waals surface area contributed by atoms with Gasteiger partial charge in [-0.2, -0.15) is 5.10 Å². The first-order chi connectivity index (χ1) is 11.3. The summed E-state index contributed by atoms with van der Waals surface area (Å²) in [5, 5.41) is 4.56. The van der Waals surface area contributed by atoms with Gasteiger partial charge in [0.1, 0.15) is 0 Å². The molecule has 1 aromatic heterocycles. The van der Waals surface area contributed by atoms with E-state index in [0.717, 1.165) is 45.3 Å². The Kier molecular flexibility index (Phi) is 6.08. The quantitative estimate of drug-likeness (QED) is 0.804. The van der Waals surface area contributed by atoms with Crippen LogP contribution in [0.3, 0.4) is 0 Å². The SMILES string of the molecule is CCN(CC)CC1CN(CC2CCOCC2)Cc2ccnn2C1. The van der Waals surface area contributed by atoms with Crippen molar-refractivity contribution in [1.29, 1.82) is 0 Å². The summed E-state index contributed by atoms with van der Waals surface area (Å²) in [4.78, 5) is 5.22. The molecule has 2 aliphatic heterocycles. The molecule has 0 aromatic carbocycles. The zero-order chi connectivity index (χ0) is 16.1. The fraction of sp³-hybridized carbons (Fsp3) is 0.833. The molecule has 130 valence electrons. The number of aromatic nitrogens is 2. The number of hydrogen-bond donors (Lipinski definition) is 0. The highest BCUT2D eigenvalue weighted by molar-refractivity contribution is 5.02. The third kappa shape index (κ3) is 4.55. The summed E-state index contributed by atoms with van der Waals surface area (Å²) in [6, 6.07) is 2.19. The Morgan fingerprint density at radius 1 is 1.17 bits per heavy atom. The standard InChI is InChI=1S/C18H32N4O/c1-3-20(4-2)12-17-13-21(11-16-6-9-23-10-7-16)15-18-5-8-19-22(18)14-17/h5,8,16-17H,3-4,6-7,9-15H2,1-2H3. The van der Waals surface area contributed by atoms with Crippen LogP contribution in [0.5, 0.6) is 0 Å². The number of hydrogen-bond acceptors (Lipinski definition) is 4. The van der Waals surface area contributed by atoms with Crippen LogP contribution in [-0.4, -0.2) is 65.5 Å². The zero-order valence-corrected chi connectivity index (χ0v) is 14.8. The van der Waals surface area contributed by atoms with E-state index in [1.807, 2.05) is 6.20 Å². The van der Waals surface area contributed by atoms with Gasteiger partial charge in [-0.25, -0.2) is 0 Å². The summed E-state index contributed by atoms with van der Waals surface area (Å²) in [6.45, 7) is 14.4. The molecule has 1 atom stereocenters. The lowest BCUT2D eigenvalue weighted by Gasteiger charge is -2.31. The lowest BCUT2D eigenvalue weighted by atomic mass is 9.99. The van der Waals surface area contributed by atoms with Crippen molar-refractivity contribution in [2.45, 2.75) is 39.8 Å². The molecule has 0 spiro atoms. The Labute approximate surface area is 140 Å². The van der Waals surface area contributed by atoms with Crippen LogP contribution in [0, 0.1) is 11.8 Å². The summed E-state index contributed by atoms with van der Waals surface area (Å²) in [6.07, 6.45) is 4.40. The van der Waals surface area contributed by atoms with Crippen LogP contribution in [0.25, 0.3) is 0 Å². The molecule has 1 unspecified atom stereocenters. The summed E-state index contributed by atoms with van der Waals surface area (Å²) in [5.41, 5.74) is 1.37. The van der Waals surface area contributed by atoms with Gasteiger partial charge in [-0.15, -0.1) is 0 Å². The van der Waals surface area contributed by atoms with Crippen LogP contribution in [0.2, 0.25) is 0 Å². The second-order valence-electron chi connectivity index (χ2n) is 7.11. The minimum Gasteiger partial charge on any atom is -0.381 e. The lowest BCUT2D eigenvalue weighted by molar-refractivity contribution is 0.0484. The van der Waals surface area contributed by atoms with Gasteiger partial charge in [0.15, 0.2) is 0 Å². The summed E-state index contributed by atoms with van der Waals surface area (Å²) in [5.74, 6) is 1.46. The number of ether oxygens (including phenoxy) is 1. The van der Waals surface area contributed by atoms with E-state index in [0.29, 0.717) is 5.92 Å². The Morgan fingerprint density at radius 2 is 1.96 bits per heavy atom. The molecule has 3 rings (SSSR count). The predicted octanol–water partition coefficient (Wildman–Crippen LogP) is 2.08. The van der Waals surface area contributed by atoms with Gasteiger partial charge >= 0.3 is 0 Å². The van der Waals surface area contributed by atoms with Crippen molar-refractivity contribution in [2.24, 2.45) is 11.8 Å². The van der Waals surface area contributed by atoms with Crippen molar-refractivity contribution in [3.8, 4) is 0 Å². The largest absolute Gasteiger partial charge is 0.381 e. The Hall–Kier alpha value is -0.910. The van der Waals surface area contributed by atoms with Crippen LogP contribution in [0.15, 0.2) is 12.3 Å². The van der Waals surface area contributed by atoms with Gasteiger partial charge in [0, 0.05) is 58.1 Å². The molecule has 0 bridgehead atoms. The molecule has 0 N–H and O–H groups in total. The molecule has 1 saturated heterocycles. The van der Waals surface area contributed by atoms with Gasteiger partial charge in [-0.1, -0.05) is 13.8 Å². The molecule has 0 aliphatic carbocycles. The second-order valence-corrected chi connectivity index (χ2v) is 7.11. The minimum atomic E-state index is 0.663. The molecule has 5 nitrogen and oxygen atoms in total. The van der Waals surface area contributed by atoms with Crippen molar-refractivity contribution in [2.75, 3.05) is 45.9 Å². The zero-order valence-electron chi connectivity index (χ0n) is 14.8. The van der Waals surface area contributed by atoms with Crippen molar-refractivity contribution in [3.63, 3.8) is 0 Å². The van der Waals surface area contributed by atoms with Crippen LogP contribution < -0.4 is 0 Å². The monoisotopic (exact) mass is 320 g/mol. The van der Waals surface area contributed by atoms with Crippen LogP contribution in [0.4, 0.5) is 0 Å². The van der Waals surface area contributed by atoms with E-state index in [4.69, 9.17) is 4.74 Å². The van der Waals surface area contributed by atoms with E-state index in [-0.39, 0.29) is 0 Å². The van der Waals surface area contributed by atoms with Gasteiger partial charge in [-0.05, 0) is 37.9 Å². The van der Waals surface area contributed by atoms with Crippen molar-refractivity contribution in [3.05, 3.63) is 18.0 Å². The molecule has 0 amide bonds. The Bertz CT molecular complexity index is 465. The Morgan fingerprint density at radius 3 is 2.70 bits per heavy atom. The molecule has 0 radical (unpaired) electrons. The molecule has 2 aliphatic rings. The third-order valence-electron chi connectivity index (χ3n) is 5.41. The van der Waals surface area contributed by atoms with E-state index in [1.165, 1.54) is 38.2 Å². The fourth-order valence-corrected chi connectivity index (χ4v) is 4.02. The van der Waals surface area contributed by atoms with Crippen molar-refractivity contribution < 1.29 is 4.74 Å². The van der Waals surface area contributed by atoms with E-state index < -0.39 is 0 Å². The summed E-state index contributed by atoms with van der Waals surface area (Å²) >= 11 is 0. The number of rotatable bonds is 6. The average Bonchev–Trinajstić information content (AvgIpc) is 2.93. The predicted molar refractivity (Wildman–Crippen MR) is 92.3 cm³/mol. The highest BCUT2D eigenvalue weighted by atomic mass is 16.5. The molecular formula is C18H32N4O. The van der Waals surface area contributed by atoms with E-state index in [9.17, 15) is 0 Å². The topological polar surface area (TPSA) is 33.5 Å². The van der Waals surface area contributed by atoms with Crippen molar-refractivity contribution in [1.82, 2.24) is 19.6 Å². The maximum atomic E-state index is 5.52. The van der Waals surface area contributed by atoms with Crippen LogP contribution >= 0.6 is 0 Å². The van der Waals surface area contributed by atoms with E-state index in [2.05, 4.69) is 39.5 Å². The first-order valence-corrected chi connectivity index (χ1v) is 9.31. The summed E-state index contributed by atoms with van der Waals surface area (Å²) < 4.78 is 7.76. The van der Waals surface area contributed by atoms with Gasteiger partial charge in [0.2, 0.25) is 0 Å². The van der Waals surface area contributed by atoms with Gasteiger partial charge in [-0.3, -0.25) is 9.58 Å². The third-order valence-corrected chi connectivity index (χ3v) is 5.41. The normalized spacial score (nSPS) is 23.9. The van der Waals surface area contributed by atoms with Gasteiger partial charge in [0.05, 0.1) is 5.69 Å². The molecule has 3 heterocycles. The fourth-order valence-electron chi connectivity index (χ4n) is 4.02. The maximum absolute atomic E-state index is 5.52. The number of nitrogens with zero attached hydrogens (tertiary/aromatic N) is 4. The minimum absolute atomic E-state index is 0.663. The summed E-state index contributed by atoms with van der Waals surface area (Å²) in [7, 11) is 0. The maximum Gasteiger partial charge on any atom is 0.0524 e. The molecular weight excluding hydrogens is 288 g/mol. The first kappa shape index (κ1) is 16.9. The second kappa shape index (κ2) is 8.27. The highest BCUT2D eigenvalue weighted by Gasteiger charge is 2.26. The number of fused-ring (bicyclic) bond motifs is 1. The molecule has 5 heteroatoms. The van der Waals surface area contributed by atoms with Crippen LogP contribution in [0.1, 0.15) is 32.4 Å². The van der Waals surface area contributed by atoms with Crippen LogP contribution in [-0.2, 0) is 17.8 Å². The first-order valence-electron chi connectivity index (χ1n) is 9.31. The molecule has 1 fully saturated rings. The Balaban J connectivity index is 1.66. The smallest absolute Gasteiger partial charge is 0.0524 e. The van der Waals surface area contributed by atoms with Crippen molar-refractivity contribution >= 4 is 0 Å². The average molecular weight is 320 g/mol. The van der Waals surface area contributed by atoms with E-state index >= 15 is 0 Å². The molecule has 1 aromatic rings. The van der Waals surface area contributed by atoms with Gasteiger partial charge in [0.25, 0.3) is 0 Å². The van der Waals surface area contributed by atoms with Gasteiger partial charge < -0.3 is 9.64 Å². The van der Waals surface area contributed by atoms with E-state index in [1.54, 1.807) is 0 Å². The highest BCUT2D eigenvalue weighted by Crippen LogP contribution is 2.21. The molecule has 23 heavy (non-hydrogen) atoms. The lowest BCUT2D eigenvalue weighted by Crippen LogP contribution is -2.39. The molecule has 0 saturated carbocycles.